The van der Waals surface area contributed by atoms with Gasteiger partial charge in [-0.25, -0.2) is 9.55 Å². The van der Waals surface area contributed by atoms with Gasteiger partial charge in [0.15, 0.2) is 18.9 Å². The molecule has 18 heavy (non-hydrogen) atoms. The molecule has 1 N–H and O–H groups in total. The Labute approximate surface area is 108 Å². The Hall–Kier alpha value is -2.42. The van der Waals surface area contributed by atoms with Crippen molar-refractivity contribution in [3.63, 3.8) is 0 Å². The summed E-state index contributed by atoms with van der Waals surface area (Å²) in [6.45, 7) is 4.10. The van der Waals surface area contributed by atoms with Crippen LogP contribution >= 0.6 is 0 Å². The molecule has 0 aliphatic carbocycles. The highest BCUT2D eigenvalue weighted by atomic mass is 15.0. The van der Waals surface area contributed by atoms with E-state index < -0.39 is 0 Å². The first-order valence-corrected chi connectivity index (χ1v) is 5.77. The maximum Gasteiger partial charge on any atom is 0.180 e. The number of para-hydroxylation sites is 2. The largest absolute Gasteiger partial charge is 0.338 e. The number of hydrogen-bond donors (Lipinski definition) is 1. The van der Waals surface area contributed by atoms with E-state index in [4.69, 9.17) is 2.74 Å². The minimum absolute atomic E-state index is 0.261. The molecule has 0 unspecified atom stereocenters. The van der Waals surface area contributed by atoms with Crippen molar-refractivity contribution in [2.24, 2.45) is 0 Å². The first-order chi connectivity index (χ1) is 9.70. The lowest BCUT2D eigenvalue weighted by molar-refractivity contribution is -0.686. The van der Waals surface area contributed by atoms with E-state index >= 15 is 0 Å². The van der Waals surface area contributed by atoms with E-state index in [0.29, 0.717) is 17.9 Å². The summed E-state index contributed by atoms with van der Waals surface area (Å²) in [7, 11) is 0. The number of fused-ring (bicyclic) bond motifs is 1. The second-order valence-corrected chi connectivity index (χ2v) is 3.99. The molecular formula is C15H14N3+. The van der Waals surface area contributed by atoms with Crippen LogP contribution in [0.25, 0.3) is 22.4 Å². The van der Waals surface area contributed by atoms with Gasteiger partial charge in [0.1, 0.15) is 8.57 Å². The van der Waals surface area contributed by atoms with Crippen LogP contribution in [-0.4, -0.2) is 9.97 Å². The molecule has 0 saturated carbocycles. The summed E-state index contributed by atoms with van der Waals surface area (Å²) in [6, 6.07) is 11.2. The zero-order chi connectivity index (χ0) is 14.1. The number of allylic oxidation sites excluding steroid dienone is 1. The van der Waals surface area contributed by atoms with Gasteiger partial charge in [0.2, 0.25) is 0 Å². The maximum atomic E-state index is 8.24. The quantitative estimate of drug-likeness (QED) is 0.552. The van der Waals surface area contributed by atoms with Crippen LogP contribution in [0.2, 0.25) is 0 Å². The second-order valence-electron chi connectivity index (χ2n) is 3.99. The molecule has 1 aromatic carbocycles. The van der Waals surface area contributed by atoms with Crippen LogP contribution in [0.15, 0.2) is 61.4 Å². The van der Waals surface area contributed by atoms with Gasteiger partial charge in [0.05, 0.1) is 16.6 Å². The number of hydrogen-bond acceptors (Lipinski definition) is 1. The number of rotatable bonds is 3. The van der Waals surface area contributed by atoms with E-state index in [9.17, 15) is 0 Å². The van der Waals surface area contributed by atoms with Gasteiger partial charge < -0.3 is 4.98 Å². The van der Waals surface area contributed by atoms with E-state index in [1.807, 2.05) is 24.3 Å². The molecule has 3 nitrogen and oxygen atoms in total. The molecule has 0 atom stereocenters. The van der Waals surface area contributed by atoms with Gasteiger partial charge in [0, 0.05) is 6.07 Å². The molecule has 88 valence electrons. The summed E-state index contributed by atoms with van der Waals surface area (Å²) in [5.74, 6) is 0.647. The van der Waals surface area contributed by atoms with Crippen molar-refractivity contribution < 1.29 is 7.31 Å². The van der Waals surface area contributed by atoms with Crippen LogP contribution in [0.1, 0.15) is 2.74 Å². The van der Waals surface area contributed by atoms with Crippen LogP contribution in [0, 0.1) is 0 Å². The Kier molecular flexibility index (Phi) is 2.14. The molecule has 0 bridgehead atoms. The highest BCUT2D eigenvalue weighted by molar-refractivity contribution is 5.78. The molecule has 2 aromatic heterocycles. The van der Waals surface area contributed by atoms with Gasteiger partial charge in [-0.3, -0.25) is 0 Å². The Morgan fingerprint density at radius 1 is 1.33 bits per heavy atom. The molecule has 0 saturated heterocycles. The molecule has 3 aromatic rings. The van der Waals surface area contributed by atoms with E-state index in [2.05, 4.69) is 16.5 Å². The fraction of sp³-hybridized carbons (Fsp3) is 0.0667. The van der Waals surface area contributed by atoms with Gasteiger partial charge in [-0.2, -0.15) is 0 Å². The maximum absolute atomic E-state index is 8.24. The zero-order valence-electron chi connectivity index (χ0n) is 11.9. The highest BCUT2D eigenvalue weighted by Crippen LogP contribution is 2.18. The van der Waals surface area contributed by atoms with Crippen LogP contribution < -0.4 is 4.57 Å². The molecule has 0 fully saturated rings. The van der Waals surface area contributed by atoms with Crippen molar-refractivity contribution in [1.29, 1.82) is 0 Å². The third-order valence-corrected chi connectivity index (χ3v) is 2.69. The van der Waals surface area contributed by atoms with Crippen LogP contribution in [-0.2, 0) is 6.54 Å². The number of imidazole rings is 1. The van der Waals surface area contributed by atoms with Crippen molar-refractivity contribution >= 4 is 11.0 Å². The summed E-state index contributed by atoms with van der Waals surface area (Å²) in [6.07, 6.45) is 2.23. The minimum Gasteiger partial charge on any atom is -0.338 e. The average Bonchev–Trinajstić information content (AvgIpc) is 2.87. The monoisotopic (exact) mass is 238 g/mol. The van der Waals surface area contributed by atoms with Crippen molar-refractivity contribution in [2.45, 2.75) is 6.54 Å². The predicted molar refractivity (Wildman–Crippen MR) is 71.9 cm³/mol. The molecule has 0 amide bonds. The lowest BCUT2D eigenvalue weighted by atomic mass is 10.2. The van der Waals surface area contributed by atoms with Crippen LogP contribution in [0.3, 0.4) is 0 Å². The van der Waals surface area contributed by atoms with E-state index in [-0.39, 0.29) is 12.3 Å². The number of benzene rings is 1. The normalized spacial score (nSPS) is 12.2. The smallest absolute Gasteiger partial charge is 0.180 e. The van der Waals surface area contributed by atoms with Crippen LogP contribution in [0.5, 0.6) is 0 Å². The number of pyridine rings is 1. The number of aromatic amines is 1. The molecule has 0 spiro atoms. The highest BCUT2D eigenvalue weighted by Gasteiger charge is 2.08. The Morgan fingerprint density at radius 2 is 2.22 bits per heavy atom. The lowest BCUT2D eigenvalue weighted by Gasteiger charge is -1.95. The molecule has 0 aliphatic heterocycles. The Morgan fingerprint density at radius 3 is 3.06 bits per heavy atom. The van der Waals surface area contributed by atoms with Gasteiger partial charge >= 0.3 is 0 Å². The van der Waals surface area contributed by atoms with Gasteiger partial charge in [0.25, 0.3) is 0 Å². The van der Waals surface area contributed by atoms with E-state index in [1.165, 1.54) is 0 Å². The minimum atomic E-state index is 0.261. The fourth-order valence-electron chi connectivity index (χ4n) is 1.87. The summed E-state index contributed by atoms with van der Waals surface area (Å²) in [5, 5.41) is 0. The first-order valence-electron chi connectivity index (χ1n) is 6.77. The van der Waals surface area contributed by atoms with Gasteiger partial charge in [-0.15, -0.1) is 0 Å². The number of H-pyrrole nitrogens is 1. The number of nitrogens with one attached hydrogen (secondary N) is 1. The lowest BCUT2D eigenvalue weighted by Crippen LogP contribution is -2.31. The Bertz CT molecular complexity index is 760. The average molecular weight is 238 g/mol. The van der Waals surface area contributed by atoms with Crippen molar-refractivity contribution in [1.82, 2.24) is 9.97 Å². The first kappa shape index (κ1) is 8.64. The third-order valence-electron chi connectivity index (χ3n) is 2.69. The summed E-state index contributed by atoms with van der Waals surface area (Å²) >= 11 is 0. The van der Waals surface area contributed by atoms with Crippen LogP contribution in [0.4, 0.5) is 0 Å². The molecule has 2 heterocycles. The fourth-order valence-corrected chi connectivity index (χ4v) is 1.87. The Balaban J connectivity index is 2.18. The standard InChI is InChI=1S/C15H14N3/c1-2-9-18-10-5-6-12(11-18)15-16-13-7-3-4-8-14(13)17-15/h2-8,10-11H,1,9H2,(H,16,17)/q+1/i10D,11D. The molecular weight excluding hydrogens is 222 g/mol. The number of nitrogens with zero attached hydrogens (tertiary/aromatic N) is 2. The van der Waals surface area contributed by atoms with Gasteiger partial charge in [-0.1, -0.05) is 18.7 Å². The van der Waals surface area contributed by atoms with E-state index in [0.717, 1.165) is 11.0 Å². The number of aromatic nitrogens is 3. The molecule has 3 rings (SSSR count). The predicted octanol–water partition coefficient (Wildman–Crippen LogP) is 2.70. The summed E-state index contributed by atoms with van der Waals surface area (Å²) < 4.78 is 17.7. The SMILES string of the molecule is [2H]c1ccc(-c2nc3ccccc3[nH]2)c([2H])[n+]1CC=C. The van der Waals surface area contributed by atoms with Crippen molar-refractivity contribution in [3.8, 4) is 11.4 Å². The molecule has 0 radical (unpaired) electrons. The van der Waals surface area contributed by atoms with Crippen molar-refractivity contribution in [3.05, 3.63) is 61.4 Å². The van der Waals surface area contributed by atoms with Crippen molar-refractivity contribution in [2.75, 3.05) is 0 Å². The topological polar surface area (TPSA) is 32.6 Å². The summed E-state index contributed by atoms with van der Waals surface area (Å²) in [4.78, 5) is 7.71. The molecule has 0 aliphatic rings. The summed E-state index contributed by atoms with van der Waals surface area (Å²) in [5.41, 5.74) is 2.48. The second kappa shape index (κ2) is 4.45. The molecule has 3 heteroatoms. The van der Waals surface area contributed by atoms with Gasteiger partial charge in [-0.05, 0) is 24.3 Å². The zero-order valence-corrected chi connectivity index (χ0v) is 9.85. The third kappa shape index (κ3) is 1.91. The van der Waals surface area contributed by atoms with E-state index in [1.54, 1.807) is 22.8 Å².